The summed E-state index contributed by atoms with van der Waals surface area (Å²) >= 11 is 1.88. The molecular formula is C63H43NS. The van der Waals surface area contributed by atoms with E-state index in [9.17, 15) is 0 Å². The van der Waals surface area contributed by atoms with E-state index >= 15 is 0 Å². The predicted molar refractivity (Wildman–Crippen MR) is 282 cm³/mol. The molecule has 0 radical (unpaired) electrons. The van der Waals surface area contributed by atoms with Crippen LogP contribution in [0.25, 0.3) is 96.3 Å². The second kappa shape index (κ2) is 14.6. The van der Waals surface area contributed by atoms with Crippen LogP contribution in [0.2, 0.25) is 0 Å². The van der Waals surface area contributed by atoms with Crippen molar-refractivity contribution in [2.75, 3.05) is 4.90 Å². The SMILES string of the molecule is CC1(C)c2ccccc2-c2ccc(N(c3ccc4c(c3)c3ccccc3c3ccccc3c3ccccc3c3cc5sc6ccccc6c5cc43)c3ccccc3-c3ccccc3)cc21. The Labute approximate surface area is 382 Å². The number of nitrogens with zero attached hydrogens (tertiary/aromatic N) is 1. The minimum Gasteiger partial charge on any atom is -0.310 e. The summed E-state index contributed by atoms with van der Waals surface area (Å²) in [5.41, 5.74) is 10.9. The number of hydrogen-bond acceptors (Lipinski definition) is 2. The van der Waals surface area contributed by atoms with E-state index in [1.807, 2.05) is 11.3 Å². The van der Waals surface area contributed by atoms with E-state index < -0.39 is 0 Å². The van der Waals surface area contributed by atoms with Crippen LogP contribution in [0.1, 0.15) is 25.0 Å². The summed E-state index contributed by atoms with van der Waals surface area (Å²) in [7, 11) is 0. The maximum Gasteiger partial charge on any atom is 0.0540 e. The summed E-state index contributed by atoms with van der Waals surface area (Å²) in [5.74, 6) is 0. The monoisotopic (exact) mass is 845 g/mol. The third-order valence-corrected chi connectivity index (χ3v) is 15.2. The number of benzene rings is 10. The molecule has 65 heavy (non-hydrogen) atoms. The van der Waals surface area contributed by atoms with Gasteiger partial charge >= 0.3 is 0 Å². The third-order valence-electron chi connectivity index (χ3n) is 14.1. The standard InChI is InChI=1S/C63H43NS/c1-63(2)58-29-15-12-27-51(58)52-35-33-42(37-59(52)63)64(60-30-16-13-20-43(60)40-18-4-3-5-19-40)41-32-34-50-54(36-41)48-25-10-8-23-46(48)44-21-6-7-22-45(44)47-24-9-11-26-49(47)56-39-62-57(38-55(50)56)53-28-14-17-31-61(53)65-62/h3-39H,1-2H3. The van der Waals surface area contributed by atoms with E-state index in [0.717, 1.165) is 17.1 Å². The molecule has 1 aliphatic carbocycles. The highest BCUT2D eigenvalue weighted by molar-refractivity contribution is 7.25. The quantitative estimate of drug-likeness (QED) is 0.171. The normalized spacial score (nSPS) is 12.9. The van der Waals surface area contributed by atoms with Crippen molar-refractivity contribution >= 4 is 102 Å². The molecular weight excluding hydrogens is 803 g/mol. The third kappa shape index (κ3) is 5.84. The van der Waals surface area contributed by atoms with Gasteiger partial charge in [0.05, 0.1) is 5.69 Å². The van der Waals surface area contributed by atoms with E-state index in [0.29, 0.717) is 0 Å². The molecule has 11 aromatic carbocycles. The van der Waals surface area contributed by atoms with Gasteiger partial charge < -0.3 is 4.90 Å². The van der Waals surface area contributed by atoms with Gasteiger partial charge in [-0.15, -0.1) is 11.3 Å². The maximum absolute atomic E-state index is 2.50. The van der Waals surface area contributed by atoms with Gasteiger partial charge in [0, 0.05) is 42.5 Å². The molecule has 0 saturated heterocycles. The molecule has 0 atom stereocenters. The minimum atomic E-state index is -0.154. The Kier molecular flexibility index (Phi) is 8.50. The van der Waals surface area contributed by atoms with Crippen molar-refractivity contribution < 1.29 is 0 Å². The van der Waals surface area contributed by atoms with Crippen LogP contribution in [0.3, 0.4) is 0 Å². The number of para-hydroxylation sites is 1. The Bertz CT molecular complexity index is 3990. The molecule has 306 valence electrons. The van der Waals surface area contributed by atoms with Crippen LogP contribution < -0.4 is 4.90 Å². The first kappa shape index (κ1) is 37.7. The minimum absolute atomic E-state index is 0.154. The van der Waals surface area contributed by atoms with Crippen LogP contribution in [-0.2, 0) is 5.41 Å². The summed E-state index contributed by atoms with van der Waals surface area (Å²) in [4.78, 5) is 2.50. The predicted octanol–water partition coefficient (Wildman–Crippen LogP) is 18.4. The van der Waals surface area contributed by atoms with E-state index in [1.165, 1.54) is 107 Å². The topological polar surface area (TPSA) is 3.24 Å². The second-order valence-electron chi connectivity index (χ2n) is 18.0. The van der Waals surface area contributed by atoms with Gasteiger partial charge in [-0.05, 0) is 130 Å². The molecule has 1 aromatic heterocycles. The zero-order valence-corrected chi connectivity index (χ0v) is 37.0. The number of fused-ring (bicyclic) bond motifs is 16. The van der Waals surface area contributed by atoms with Crippen LogP contribution in [0.4, 0.5) is 17.1 Å². The van der Waals surface area contributed by atoms with Crippen molar-refractivity contribution in [1.82, 2.24) is 0 Å². The molecule has 0 saturated carbocycles. The molecule has 1 nitrogen and oxygen atoms in total. The second-order valence-corrected chi connectivity index (χ2v) is 19.1. The Balaban J connectivity index is 1.20. The van der Waals surface area contributed by atoms with Crippen molar-refractivity contribution in [2.45, 2.75) is 19.3 Å². The van der Waals surface area contributed by atoms with Gasteiger partial charge in [-0.2, -0.15) is 0 Å². The molecule has 0 aliphatic heterocycles. The average Bonchev–Trinajstić information content (AvgIpc) is 3.84. The fraction of sp³-hybridized carbons (Fsp3) is 0.0476. The summed E-state index contributed by atoms with van der Waals surface area (Å²) < 4.78 is 2.61. The number of thiophene rings is 1. The molecule has 13 rings (SSSR count). The fourth-order valence-electron chi connectivity index (χ4n) is 11.0. The molecule has 2 heteroatoms. The van der Waals surface area contributed by atoms with E-state index in [1.54, 1.807) is 0 Å². The first-order chi connectivity index (χ1) is 32.0. The lowest BCUT2D eigenvalue weighted by Gasteiger charge is -2.30. The van der Waals surface area contributed by atoms with Gasteiger partial charge in [0.25, 0.3) is 0 Å². The Morgan fingerprint density at radius 2 is 0.785 bits per heavy atom. The molecule has 0 N–H and O–H groups in total. The fourth-order valence-corrected chi connectivity index (χ4v) is 12.1. The van der Waals surface area contributed by atoms with Gasteiger partial charge in [0.1, 0.15) is 0 Å². The molecule has 0 spiro atoms. The first-order valence-corrected chi connectivity index (χ1v) is 23.4. The van der Waals surface area contributed by atoms with Crippen molar-refractivity contribution in [3.8, 4) is 22.3 Å². The van der Waals surface area contributed by atoms with Crippen molar-refractivity contribution in [3.05, 3.63) is 236 Å². The molecule has 0 bridgehead atoms. The van der Waals surface area contributed by atoms with Gasteiger partial charge in [0.2, 0.25) is 0 Å². The first-order valence-electron chi connectivity index (χ1n) is 22.6. The summed E-state index contributed by atoms with van der Waals surface area (Å²) in [6.45, 7) is 4.75. The summed E-state index contributed by atoms with van der Waals surface area (Å²) in [6.07, 6.45) is 0. The van der Waals surface area contributed by atoms with Gasteiger partial charge in [0.15, 0.2) is 0 Å². The molecule has 1 heterocycles. The number of hydrogen-bond donors (Lipinski definition) is 0. The largest absolute Gasteiger partial charge is 0.310 e. The number of rotatable bonds is 4. The molecule has 12 aromatic rings. The van der Waals surface area contributed by atoms with Gasteiger partial charge in [-0.25, -0.2) is 0 Å². The van der Waals surface area contributed by atoms with Crippen molar-refractivity contribution in [3.63, 3.8) is 0 Å². The van der Waals surface area contributed by atoms with Crippen molar-refractivity contribution in [1.29, 1.82) is 0 Å². The Hall–Kier alpha value is -7.78. The zero-order chi connectivity index (χ0) is 43.2. The van der Waals surface area contributed by atoms with Crippen LogP contribution in [-0.4, -0.2) is 0 Å². The van der Waals surface area contributed by atoms with Gasteiger partial charge in [-0.3, -0.25) is 0 Å². The van der Waals surface area contributed by atoms with E-state index in [4.69, 9.17) is 0 Å². The summed E-state index contributed by atoms with van der Waals surface area (Å²) in [6, 6.07) is 83.9. The molecule has 0 unspecified atom stereocenters. The highest BCUT2D eigenvalue weighted by atomic mass is 32.1. The average molecular weight is 846 g/mol. The lowest BCUT2D eigenvalue weighted by Crippen LogP contribution is -2.16. The van der Waals surface area contributed by atoms with Crippen LogP contribution in [0, 0.1) is 0 Å². The Morgan fingerprint density at radius 3 is 1.48 bits per heavy atom. The molecule has 0 amide bonds. The Morgan fingerprint density at radius 1 is 0.308 bits per heavy atom. The maximum atomic E-state index is 2.50. The molecule has 0 fully saturated rings. The van der Waals surface area contributed by atoms with Crippen LogP contribution in [0.5, 0.6) is 0 Å². The smallest absolute Gasteiger partial charge is 0.0540 e. The molecule has 1 aliphatic rings. The lowest BCUT2D eigenvalue weighted by molar-refractivity contribution is 0.660. The van der Waals surface area contributed by atoms with E-state index in [-0.39, 0.29) is 5.41 Å². The zero-order valence-electron chi connectivity index (χ0n) is 36.2. The van der Waals surface area contributed by atoms with Crippen LogP contribution >= 0.6 is 11.3 Å². The van der Waals surface area contributed by atoms with E-state index in [2.05, 4.69) is 243 Å². The summed E-state index contributed by atoms with van der Waals surface area (Å²) in [5, 5.41) is 14.9. The lowest BCUT2D eigenvalue weighted by atomic mass is 9.82. The van der Waals surface area contributed by atoms with Crippen molar-refractivity contribution in [2.24, 2.45) is 0 Å². The highest BCUT2D eigenvalue weighted by Gasteiger charge is 2.36. The van der Waals surface area contributed by atoms with Crippen LogP contribution in [0.15, 0.2) is 224 Å². The highest BCUT2D eigenvalue weighted by Crippen LogP contribution is 2.52. The van der Waals surface area contributed by atoms with Gasteiger partial charge in [-0.1, -0.05) is 190 Å². The number of anilines is 3.